The van der Waals surface area contributed by atoms with Gasteiger partial charge in [-0.2, -0.15) is 4.37 Å². The molecule has 0 amide bonds. The summed E-state index contributed by atoms with van der Waals surface area (Å²) >= 11 is 1.45. The molecule has 0 spiro atoms. The molecule has 1 atom stereocenters. The van der Waals surface area contributed by atoms with Crippen LogP contribution >= 0.6 is 11.5 Å². The van der Waals surface area contributed by atoms with Crippen LogP contribution in [0.2, 0.25) is 0 Å². The highest BCUT2D eigenvalue weighted by Gasteiger charge is 2.27. The van der Waals surface area contributed by atoms with Crippen molar-refractivity contribution >= 4 is 16.7 Å². The third-order valence-electron chi connectivity index (χ3n) is 3.32. The van der Waals surface area contributed by atoms with Gasteiger partial charge in [0.1, 0.15) is 18.3 Å². The molecule has 3 heterocycles. The average molecular weight is 294 g/mol. The number of hydrogen-bond acceptors (Lipinski definition) is 7. The molecular formula is C12H18N6OS. The summed E-state index contributed by atoms with van der Waals surface area (Å²) < 4.78 is 12.1. The van der Waals surface area contributed by atoms with Gasteiger partial charge in [0.05, 0.1) is 13.2 Å². The zero-order valence-corrected chi connectivity index (χ0v) is 12.7. The first-order chi connectivity index (χ1) is 9.65. The smallest absolute Gasteiger partial charge is 0.205 e. The van der Waals surface area contributed by atoms with Gasteiger partial charge in [-0.3, -0.25) is 0 Å². The van der Waals surface area contributed by atoms with Crippen molar-refractivity contribution in [1.29, 1.82) is 0 Å². The number of hydrogen-bond donors (Lipinski definition) is 0. The molecule has 20 heavy (non-hydrogen) atoms. The van der Waals surface area contributed by atoms with Crippen LogP contribution in [0.3, 0.4) is 0 Å². The summed E-state index contributed by atoms with van der Waals surface area (Å²) in [6.07, 6.45) is 1.63. The van der Waals surface area contributed by atoms with E-state index in [0.717, 1.165) is 29.9 Å². The summed E-state index contributed by atoms with van der Waals surface area (Å²) in [5.41, 5.74) is 0. The van der Waals surface area contributed by atoms with Crippen LogP contribution in [-0.2, 0) is 11.8 Å². The Kier molecular flexibility index (Phi) is 3.66. The van der Waals surface area contributed by atoms with Crippen LogP contribution in [0.15, 0.2) is 6.33 Å². The fraction of sp³-hybridized carbons (Fsp3) is 0.667. The monoisotopic (exact) mass is 294 g/mol. The zero-order chi connectivity index (χ0) is 14.1. The van der Waals surface area contributed by atoms with Gasteiger partial charge in [0, 0.05) is 31.0 Å². The molecule has 0 unspecified atom stereocenters. The van der Waals surface area contributed by atoms with Crippen LogP contribution < -0.4 is 4.90 Å². The van der Waals surface area contributed by atoms with Gasteiger partial charge in [0.15, 0.2) is 5.82 Å². The van der Waals surface area contributed by atoms with Crippen LogP contribution in [0.4, 0.5) is 5.13 Å². The molecule has 2 aromatic heterocycles. The molecule has 3 rings (SSSR count). The lowest BCUT2D eigenvalue weighted by molar-refractivity contribution is 0.0321. The van der Waals surface area contributed by atoms with E-state index in [1.807, 2.05) is 11.6 Å². The molecular weight excluding hydrogens is 276 g/mol. The Bertz CT molecular complexity index is 580. The minimum atomic E-state index is -0.0670. The number of aromatic nitrogens is 5. The lowest BCUT2D eigenvalue weighted by atomic mass is 10.2. The van der Waals surface area contributed by atoms with Crippen molar-refractivity contribution in [1.82, 2.24) is 24.1 Å². The van der Waals surface area contributed by atoms with Gasteiger partial charge in [0.25, 0.3) is 0 Å². The number of aryl methyl sites for hydroxylation is 1. The normalized spacial score (nSPS) is 19.8. The molecule has 0 aliphatic carbocycles. The molecule has 1 aliphatic heterocycles. The van der Waals surface area contributed by atoms with E-state index in [2.05, 4.69) is 38.3 Å². The SMILES string of the molecule is CC(C)c1nsc(N2CCO[C@@H](c3nncn3C)C2)n1. The molecule has 0 aromatic carbocycles. The number of rotatable bonds is 3. The third kappa shape index (κ3) is 2.53. The minimum absolute atomic E-state index is 0.0670. The number of ether oxygens (including phenoxy) is 1. The highest BCUT2D eigenvalue weighted by atomic mass is 32.1. The average Bonchev–Trinajstić information content (AvgIpc) is 3.07. The van der Waals surface area contributed by atoms with Gasteiger partial charge in [-0.05, 0) is 0 Å². The van der Waals surface area contributed by atoms with Crippen molar-refractivity contribution in [2.45, 2.75) is 25.9 Å². The quantitative estimate of drug-likeness (QED) is 0.851. The molecule has 1 aliphatic rings. The highest BCUT2D eigenvalue weighted by Crippen LogP contribution is 2.27. The predicted octanol–water partition coefficient (Wildman–Crippen LogP) is 1.37. The van der Waals surface area contributed by atoms with Gasteiger partial charge >= 0.3 is 0 Å². The van der Waals surface area contributed by atoms with Crippen molar-refractivity contribution in [3.05, 3.63) is 18.0 Å². The molecule has 2 aromatic rings. The van der Waals surface area contributed by atoms with E-state index in [4.69, 9.17) is 4.74 Å². The van der Waals surface area contributed by atoms with Gasteiger partial charge in [0.2, 0.25) is 5.13 Å². The van der Waals surface area contributed by atoms with Crippen LogP contribution in [0.25, 0.3) is 0 Å². The van der Waals surface area contributed by atoms with Gasteiger partial charge in [-0.1, -0.05) is 13.8 Å². The minimum Gasteiger partial charge on any atom is -0.366 e. The fourth-order valence-corrected chi connectivity index (χ4v) is 2.99. The van der Waals surface area contributed by atoms with Crippen LogP contribution in [0, 0.1) is 0 Å². The van der Waals surface area contributed by atoms with Crippen LogP contribution in [0.5, 0.6) is 0 Å². The van der Waals surface area contributed by atoms with Crippen molar-refractivity contribution < 1.29 is 4.74 Å². The maximum atomic E-state index is 5.80. The second-order valence-electron chi connectivity index (χ2n) is 5.20. The van der Waals surface area contributed by atoms with E-state index >= 15 is 0 Å². The maximum absolute atomic E-state index is 5.80. The second kappa shape index (κ2) is 5.45. The standard InChI is InChI=1S/C12H18N6OS/c1-8(2)10-14-12(20-16-10)18-4-5-19-9(6-18)11-15-13-7-17(11)3/h7-9H,4-6H2,1-3H3/t9-/m1/s1. The van der Waals surface area contributed by atoms with Gasteiger partial charge in [-0.15, -0.1) is 10.2 Å². The Hall–Kier alpha value is -1.54. The number of nitrogens with zero attached hydrogens (tertiary/aromatic N) is 6. The summed E-state index contributed by atoms with van der Waals surface area (Å²) in [5, 5.41) is 9.00. The van der Waals surface area contributed by atoms with E-state index < -0.39 is 0 Å². The summed E-state index contributed by atoms with van der Waals surface area (Å²) in [6, 6.07) is 0. The summed E-state index contributed by atoms with van der Waals surface area (Å²) in [4.78, 5) is 6.82. The van der Waals surface area contributed by atoms with E-state index in [-0.39, 0.29) is 6.10 Å². The second-order valence-corrected chi connectivity index (χ2v) is 5.93. The molecule has 0 radical (unpaired) electrons. The molecule has 0 saturated carbocycles. The first-order valence-electron chi connectivity index (χ1n) is 6.69. The molecule has 108 valence electrons. The van der Waals surface area contributed by atoms with Gasteiger partial charge in [-0.25, -0.2) is 4.98 Å². The lowest BCUT2D eigenvalue weighted by Crippen LogP contribution is -2.39. The van der Waals surface area contributed by atoms with E-state index in [1.54, 1.807) is 6.33 Å². The van der Waals surface area contributed by atoms with E-state index in [0.29, 0.717) is 12.5 Å². The number of anilines is 1. The topological polar surface area (TPSA) is 69.0 Å². The maximum Gasteiger partial charge on any atom is 0.205 e. The molecule has 1 fully saturated rings. The van der Waals surface area contributed by atoms with Crippen molar-refractivity contribution in [2.75, 3.05) is 24.6 Å². The molecule has 0 N–H and O–H groups in total. The molecule has 8 heteroatoms. The van der Waals surface area contributed by atoms with Crippen molar-refractivity contribution in [3.63, 3.8) is 0 Å². The molecule has 7 nitrogen and oxygen atoms in total. The predicted molar refractivity (Wildman–Crippen MR) is 75.9 cm³/mol. The van der Waals surface area contributed by atoms with Crippen LogP contribution in [0.1, 0.15) is 37.5 Å². The Labute approximate surface area is 121 Å². The molecule has 0 bridgehead atoms. The summed E-state index contributed by atoms with van der Waals surface area (Å²) in [6.45, 7) is 6.44. The summed E-state index contributed by atoms with van der Waals surface area (Å²) in [7, 11) is 1.93. The first kappa shape index (κ1) is 13.4. The fourth-order valence-electron chi connectivity index (χ4n) is 2.15. The Balaban J connectivity index is 1.76. The Morgan fingerprint density at radius 2 is 2.30 bits per heavy atom. The first-order valence-corrected chi connectivity index (χ1v) is 7.46. The lowest BCUT2D eigenvalue weighted by Gasteiger charge is -2.31. The van der Waals surface area contributed by atoms with Crippen molar-refractivity contribution in [2.24, 2.45) is 7.05 Å². The third-order valence-corrected chi connectivity index (χ3v) is 4.11. The zero-order valence-electron chi connectivity index (χ0n) is 11.9. The summed E-state index contributed by atoms with van der Waals surface area (Å²) in [5.74, 6) is 2.12. The highest BCUT2D eigenvalue weighted by molar-refractivity contribution is 7.09. The van der Waals surface area contributed by atoms with E-state index in [9.17, 15) is 0 Å². The largest absolute Gasteiger partial charge is 0.366 e. The van der Waals surface area contributed by atoms with Crippen LogP contribution in [-0.4, -0.2) is 43.8 Å². The Morgan fingerprint density at radius 1 is 1.45 bits per heavy atom. The van der Waals surface area contributed by atoms with Crippen molar-refractivity contribution in [3.8, 4) is 0 Å². The van der Waals surface area contributed by atoms with Gasteiger partial charge < -0.3 is 14.2 Å². The molecule has 1 saturated heterocycles. The van der Waals surface area contributed by atoms with E-state index in [1.165, 1.54) is 11.5 Å². The Morgan fingerprint density at radius 3 is 2.95 bits per heavy atom. The number of morpholine rings is 1.